The second kappa shape index (κ2) is 7.72. The number of benzene rings is 2. The van der Waals surface area contributed by atoms with E-state index >= 15 is 0 Å². The molecule has 152 valence electrons. The highest BCUT2D eigenvalue weighted by Gasteiger charge is 2.45. The molecule has 2 aromatic rings. The number of halogens is 1. The lowest BCUT2D eigenvalue weighted by atomic mass is 9.77. The van der Waals surface area contributed by atoms with Crippen LogP contribution in [0.25, 0.3) is 16.7 Å². The molecule has 3 heteroatoms. The maximum Gasteiger partial charge on any atom is 0.195 e. The third kappa shape index (κ3) is 3.97. The summed E-state index contributed by atoms with van der Waals surface area (Å²) in [6.07, 6.45) is 3.91. The van der Waals surface area contributed by atoms with Crippen LogP contribution in [-0.2, 0) is 16.2 Å². The third-order valence-electron chi connectivity index (χ3n) is 5.46. The Morgan fingerprint density at radius 2 is 1.69 bits per heavy atom. The van der Waals surface area contributed by atoms with Crippen molar-refractivity contribution in [2.75, 3.05) is 0 Å². The van der Waals surface area contributed by atoms with E-state index in [0.29, 0.717) is 11.1 Å². The lowest BCUT2D eigenvalue weighted by Gasteiger charge is -2.42. The summed E-state index contributed by atoms with van der Waals surface area (Å²) in [4.78, 5) is 13.5. The summed E-state index contributed by atoms with van der Waals surface area (Å²) in [6.45, 7) is 11.1. The van der Waals surface area contributed by atoms with Gasteiger partial charge in [0.1, 0.15) is 12.3 Å². The number of Topliss-reactive ketones (excluding diaryl/α,β-unsaturated/α-hetero) is 1. The number of hydrogen-bond acceptors (Lipinski definition) is 2. The van der Waals surface area contributed by atoms with Crippen LogP contribution < -0.4 is 0 Å². The number of carbonyl (C=O) groups excluding carboxylic acids is 1. The van der Waals surface area contributed by atoms with Crippen molar-refractivity contribution in [2.24, 2.45) is 0 Å². The molecule has 0 unspecified atom stereocenters. The Kier molecular flexibility index (Phi) is 5.64. The predicted octanol–water partition coefficient (Wildman–Crippen LogP) is 6.62. The number of allylic oxidation sites excluding steroid dienone is 1. The number of hydrogen-bond donors (Lipinski definition) is 0. The number of ketones is 1. The quantitative estimate of drug-likeness (QED) is 0.584. The average molecular weight is 393 g/mol. The van der Waals surface area contributed by atoms with Crippen molar-refractivity contribution in [1.29, 1.82) is 0 Å². The molecule has 0 N–H and O–H groups in total. The Balaban J connectivity index is 2.28. The van der Waals surface area contributed by atoms with Crippen LogP contribution in [0.3, 0.4) is 0 Å². The Labute approximate surface area is 173 Å². The molecule has 2 nitrogen and oxygen atoms in total. The molecule has 1 heterocycles. The second-order valence-electron chi connectivity index (χ2n) is 8.60. The van der Waals surface area contributed by atoms with Crippen molar-refractivity contribution in [3.63, 3.8) is 0 Å². The number of rotatable bonds is 4. The van der Waals surface area contributed by atoms with Gasteiger partial charge in [0.2, 0.25) is 0 Å². The van der Waals surface area contributed by atoms with Crippen molar-refractivity contribution >= 4 is 11.4 Å². The molecule has 29 heavy (non-hydrogen) atoms. The predicted molar refractivity (Wildman–Crippen MR) is 117 cm³/mol. The van der Waals surface area contributed by atoms with Gasteiger partial charge in [-0.2, -0.15) is 0 Å². The highest BCUT2D eigenvalue weighted by atomic mass is 19.1. The van der Waals surface area contributed by atoms with E-state index < -0.39 is 17.9 Å². The van der Waals surface area contributed by atoms with Gasteiger partial charge >= 0.3 is 0 Å². The van der Waals surface area contributed by atoms with E-state index in [9.17, 15) is 9.18 Å². The maximum atomic E-state index is 13.5. The van der Waals surface area contributed by atoms with Gasteiger partial charge in [0.05, 0.1) is 5.60 Å². The van der Waals surface area contributed by atoms with Gasteiger partial charge in [-0.05, 0) is 87.1 Å². The van der Waals surface area contributed by atoms with Crippen LogP contribution in [0.5, 0.6) is 0 Å². The van der Waals surface area contributed by atoms with E-state index in [2.05, 4.69) is 0 Å². The minimum Gasteiger partial charge on any atom is -0.357 e. The summed E-state index contributed by atoms with van der Waals surface area (Å²) in [7, 11) is 0. The normalized spacial score (nSPS) is 18.5. The molecule has 0 aromatic heterocycles. The van der Waals surface area contributed by atoms with Gasteiger partial charge in [-0.15, -0.1) is 0 Å². The SMILES string of the molecule is C/C=C\C1=C(c2cc(-c3cccc(CF)c3)ccc2C)C(=O)C(C)(C)OC1(C)C. The molecule has 0 aliphatic carbocycles. The van der Waals surface area contributed by atoms with Crippen molar-refractivity contribution in [2.45, 2.75) is 59.4 Å². The highest BCUT2D eigenvalue weighted by Crippen LogP contribution is 2.43. The molecular formula is C26H29FO2. The van der Waals surface area contributed by atoms with Crippen LogP contribution >= 0.6 is 0 Å². The van der Waals surface area contributed by atoms with Crippen LogP contribution in [0.1, 0.15) is 51.3 Å². The zero-order valence-corrected chi connectivity index (χ0v) is 18.1. The molecule has 0 saturated heterocycles. The van der Waals surface area contributed by atoms with E-state index in [-0.39, 0.29) is 5.78 Å². The topological polar surface area (TPSA) is 26.3 Å². The smallest absolute Gasteiger partial charge is 0.195 e. The minimum atomic E-state index is -0.916. The van der Waals surface area contributed by atoms with Crippen molar-refractivity contribution in [1.82, 2.24) is 0 Å². The first kappa shape index (κ1) is 21.2. The van der Waals surface area contributed by atoms with Crippen LogP contribution in [0.15, 0.2) is 60.2 Å². The molecule has 0 bridgehead atoms. The van der Waals surface area contributed by atoms with Crippen LogP contribution in [0, 0.1) is 6.92 Å². The van der Waals surface area contributed by atoms with Gasteiger partial charge in [0, 0.05) is 5.57 Å². The highest BCUT2D eigenvalue weighted by molar-refractivity contribution is 6.27. The molecule has 0 saturated carbocycles. The van der Waals surface area contributed by atoms with Gasteiger partial charge in [-0.3, -0.25) is 4.79 Å². The lowest BCUT2D eigenvalue weighted by molar-refractivity contribution is -0.151. The first-order chi connectivity index (χ1) is 13.6. The Morgan fingerprint density at radius 1 is 1.00 bits per heavy atom. The van der Waals surface area contributed by atoms with Crippen LogP contribution in [-0.4, -0.2) is 17.0 Å². The van der Waals surface area contributed by atoms with E-state index in [0.717, 1.165) is 27.8 Å². The summed E-state index contributed by atoms with van der Waals surface area (Å²) in [5.74, 6) is -0.0253. The Morgan fingerprint density at radius 3 is 2.34 bits per heavy atom. The summed E-state index contributed by atoms with van der Waals surface area (Å²) in [6, 6.07) is 13.5. The Hall–Kier alpha value is -2.52. The monoisotopic (exact) mass is 392 g/mol. The molecule has 0 spiro atoms. The first-order valence-electron chi connectivity index (χ1n) is 9.99. The average Bonchev–Trinajstić information content (AvgIpc) is 2.67. The summed E-state index contributed by atoms with van der Waals surface area (Å²) in [5, 5.41) is 0. The molecule has 1 aliphatic rings. The molecule has 0 amide bonds. The zero-order valence-electron chi connectivity index (χ0n) is 18.1. The molecule has 0 fully saturated rings. The number of aryl methyl sites for hydroxylation is 1. The van der Waals surface area contributed by atoms with Crippen LogP contribution in [0.4, 0.5) is 4.39 Å². The fraction of sp³-hybridized carbons (Fsp3) is 0.346. The standard InChI is InChI=1S/C26H29FO2/c1-7-9-22-23(24(28)26(5,6)29-25(22,3)4)21-15-20(13-12-17(21)2)19-11-8-10-18(14-19)16-27/h7-15H,16H2,1-6H3/b9-7-. The molecule has 3 rings (SSSR count). The second-order valence-corrected chi connectivity index (χ2v) is 8.60. The first-order valence-corrected chi connectivity index (χ1v) is 9.99. The maximum absolute atomic E-state index is 13.5. The van der Waals surface area contributed by atoms with Gasteiger partial charge in [-0.25, -0.2) is 4.39 Å². The molecule has 0 atom stereocenters. The van der Waals surface area contributed by atoms with E-state index in [1.807, 2.05) is 90.1 Å². The van der Waals surface area contributed by atoms with Gasteiger partial charge in [0.25, 0.3) is 0 Å². The zero-order chi connectivity index (χ0) is 21.4. The summed E-state index contributed by atoms with van der Waals surface area (Å²) >= 11 is 0. The largest absolute Gasteiger partial charge is 0.357 e. The van der Waals surface area contributed by atoms with Gasteiger partial charge < -0.3 is 4.74 Å². The van der Waals surface area contributed by atoms with Crippen LogP contribution in [0.2, 0.25) is 0 Å². The minimum absolute atomic E-state index is 0.0253. The van der Waals surface area contributed by atoms with E-state index in [1.54, 1.807) is 6.07 Å². The summed E-state index contributed by atoms with van der Waals surface area (Å²) < 4.78 is 19.3. The fourth-order valence-electron chi connectivity index (χ4n) is 4.09. The van der Waals surface area contributed by atoms with Crippen molar-refractivity contribution in [3.8, 4) is 11.1 Å². The van der Waals surface area contributed by atoms with E-state index in [1.165, 1.54) is 0 Å². The lowest BCUT2D eigenvalue weighted by Crippen LogP contribution is -2.49. The van der Waals surface area contributed by atoms with Gasteiger partial charge in [-0.1, -0.05) is 42.5 Å². The molecule has 0 radical (unpaired) electrons. The summed E-state index contributed by atoms with van der Waals surface area (Å²) in [5.41, 5.74) is 4.52. The molecular weight excluding hydrogens is 363 g/mol. The van der Waals surface area contributed by atoms with Gasteiger partial charge in [0.15, 0.2) is 5.78 Å². The third-order valence-corrected chi connectivity index (χ3v) is 5.46. The molecule has 1 aliphatic heterocycles. The molecule has 2 aromatic carbocycles. The van der Waals surface area contributed by atoms with E-state index in [4.69, 9.17) is 4.74 Å². The number of carbonyl (C=O) groups is 1. The number of alkyl halides is 1. The van der Waals surface area contributed by atoms with Crippen molar-refractivity contribution < 1.29 is 13.9 Å². The Bertz CT molecular complexity index is 1010. The van der Waals surface area contributed by atoms with Crippen molar-refractivity contribution in [3.05, 3.63) is 76.9 Å². The number of ether oxygens (including phenoxy) is 1. The fourth-order valence-corrected chi connectivity index (χ4v) is 4.09.